The van der Waals surface area contributed by atoms with Gasteiger partial charge in [-0.05, 0) is 23.8 Å². The predicted octanol–water partition coefficient (Wildman–Crippen LogP) is 4.16. The smallest absolute Gasteiger partial charge is 0.337 e. The number of carbonyl (C=O) groups excluding carboxylic acids is 2. The molecule has 1 amide bonds. The van der Waals surface area contributed by atoms with Gasteiger partial charge in [0.15, 0.2) is 5.78 Å². The van der Waals surface area contributed by atoms with Crippen molar-refractivity contribution < 1.29 is 18.7 Å². The highest BCUT2D eigenvalue weighted by atomic mass is 16.5. The number of nitrogens with one attached hydrogen (secondary N) is 1. The lowest BCUT2D eigenvalue weighted by molar-refractivity contribution is 0.0857. The molecule has 0 radical (unpaired) electrons. The second-order valence-corrected chi connectivity index (χ2v) is 6.89. The average molecular weight is 413 g/mol. The number of methoxy groups -OCH3 is 1. The molecule has 31 heavy (non-hydrogen) atoms. The van der Waals surface area contributed by atoms with E-state index in [1.54, 1.807) is 66.7 Å². The van der Waals surface area contributed by atoms with Crippen LogP contribution in [0.4, 0.5) is 0 Å². The number of ketones is 1. The fourth-order valence-corrected chi connectivity index (χ4v) is 3.38. The number of hydrogen-bond acceptors (Lipinski definition) is 5. The number of Topliss-reactive ketones (excluding diaryl/α,β-unsaturated/α-hetero) is 1. The quantitative estimate of drug-likeness (QED) is 0.379. The van der Waals surface area contributed by atoms with Crippen LogP contribution in [0.15, 0.2) is 94.1 Å². The van der Waals surface area contributed by atoms with Gasteiger partial charge in [0.2, 0.25) is 0 Å². The Kier molecular flexibility index (Phi) is 5.62. The molecule has 1 N–H and O–H groups in total. The summed E-state index contributed by atoms with van der Waals surface area (Å²) in [6.07, 6.45) is 0. The summed E-state index contributed by atoms with van der Waals surface area (Å²) in [4.78, 5) is 38.5. The molecule has 1 heterocycles. The second-order valence-electron chi connectivity index (χ2n) is 6.89. The molecule has 1 atom stereocenters. The lowest BCUT2D eigenvalue weighted by Crippen LogP contribution is -2.34. The van der Waals surface area contributed by atoms with Crippen LogP contribution >= 0.6 is 0 Å². The number of fused-ring (bicyclic) bond motifs is 1. The van der Waals surface area contributed by atoms with Crippen molar-refractivity contribution in [1.29, 1.82) is 0 Å². The third-order valence-electron chi connectivity index (χ3n) is 4.92. The maximum absolute atomic E-state index is 13.2. The van der Waals surface area contributed by atoms with Crippen LogP contribution in [-0.2, 0) is 0 Å². The van der Waals surface area contributed by atoms with Crippen LogP contribution in [0.5, 0.6) is 5.75 Å². The van der Waals surface area contributed by atoms with Gasteiger partial charge in [-0.15, -0.1) is 0 Å². The Morgan fingerprint density at radius 1 is 0.903 bits per heavy atom. The van der Waals surface area contributed by atoms with Crippen molar-refractivity contribution in [3.63, 3.8) is 0 Å². The van der Waals surface area contributed by atoms with Crippen LogP contribution in [-0.4, -0.2) is 18.8 Å². The monoisotopic (exact) mass is 413 g/mol. The van der Waals surface area contributed by atoms with Gasteiger partial charge in [0.1, 0.15) is 17.4 Å². The number of benzene rings is 3. The topological polar surface area (TPSA) is 85.6 Å². The zero-order chi connectivity index (χ0) is 21.8. The van der Waals surface area contributed by atoms with Gasteiger partial charge < -0.3 is 14.5 Å². The van der Waals surface area contributed by atoms with E-state index in [4.69, 9.17) is 9.15 Å². The molecule has 6 nitrogen and oxygen atoms in total. The Bertz CT molecular complexity index is 1300. The summed E-state index contributed by atoms with van der Waals surface area (Å²) in [6.45, 7) is 0. The molecule has 1 aromatic heterocycles. The van der Waals surface area contributed by atoms with E-state index in [9.17, 15) is 14.4 Å². The summed E-state index contributed by atoms with van der Waals surface area (Å²) in [5, 5.41) is 3.21. The zero-order valence-electron chi connectivity index (χ0n) is 16.7. The minimum atomic E-state index is -0.927. The van der Waals surface area contributed by atoms with E-state index in [1.807, 2.05) is 12.1 Å². The first kappa shape index (κ1) is 20.1. The summed E-state index contributed by atoms with van der Waals surface area (Å²) >= 11 is 0. The van der Waals surface area contributed by atoms with Gasteiger partial charge in [0.05, 0.1) is 12.7 Å². The molecule has 4 rings (SSSR count). The minimum absolute atomic E-state index is 0.104. The van der Waals surface area contributed by atoms with Gasteiger partial charge in [-0.3, -0.25) is 9.59 Å². The van der Waals surface area contributed by atoms with Crippen molar-refractivity contribution in [2.75, 3.05) is 7.11 Å². The normalized spacial score (nSPS) is 11.6. The van der Waals surface area contributed by atoms with Crippen molar-refractivity contribution in [3.8, 4) is 5.75 Å². The van der Waals surface area contributed by atoms with Crippen molar-refractivity contribution >= 4 is 22.7 Å². The summed E-state index contributed by atoms with van der Waals surface area (Å²) in [5.41, 5.74) is 0.801. The molecule has 0 saturated carbocycles. The molecule has 0 saturated heterocycles. The standard InChI is InChI=1S/C25H19NO5/c1-30-18-12-13-21-19(14-18)20(15-22(27)31-21)25(29)26-23(16-8-4-2-5-9-16)24(28)17-10-6-3-7-11-17/h2-15,23H,1H3,(H,26,29). The minimum Gasteiger partial charge on any atom is -0.497 e. The fourth-order valence-electron chi connectivity index (χ4n) is 3.38. The number of amides is 1. The maximum atomic E-state index is 13.2. The van der Waals surface area contributed by atoms with E-state index < -0.39 is 17.6 Å². The summed E-state index contributed by atoms with van der Waals surface area (Å²) in [5.74, 6) is -0.315. The molecule has 0 aliphatic carbocycles. The van der Waals surface area contributed by atoms with Gasteiger partial charge in [0.25, 0.3) is 5.91 Å². The third kappa shape index (κ3) is 4.23. The molecule has 0 aliphatic heterocycles. The Morgan fingerprint density at radius 3 is 2.26 bits per heavy atom. The van der Waals surface area contributed by atoms with Crippen LogP contribution < -0.4 is 15.7 Å². The molecule has 3 aromatic carbocycles. The molecule has 0 fully saturated rings. The predicted molar refractivity (Wildman–Crippen MR) is 116 cm³/mol. The first-order valence-electron chi connectivity index (χ1n) is 9.64. The average Bonchev–Trinajstić information content (AvgIpc) is 2.82. The molecule has 4 aromatic rings. The molecular weight excluding hydrogens is 394 g/mol. The van der Waals surface area contributed by atoms with Crippen LogP contribution in [0.2, 0.25) is 0 Å². The van der Waals surface area contributed by atoms with E-state index in [1.165, 1.54) is 7.11 Å². The number of rotatable bonds is 6. The largest absolute Gasteiger partial charge is 0.497 e. The van der Waals surface area contributed by atoms with Gasteiger partial charge >= 0.3 is 5.63 Å². The Balaban J connectivity index is 1.76. The van der Waals surface area contributed by atoms with Crippen molar-refractivity contribution in [2.45, 2.75) is 6.04 Å². The van der Waals surface area contributed by atoms with Gasteiger partial charge in [-0.25, -0.2) is 4.79 Å². The third-order valence-corrected chi connectivity index (χ3v) is 4.92. The van der Waals surface area contributed by atoms with E-state index in [2.05, 4.69) is 5.32 Å². The lowest BCUT2D eigenvalue weighted by atomic mass is 9.96. The van der Waals surface area contributed by atoms with E-state index in [-0.39, 0.29) is 16.9 Å². The summed E-state index contributed by atoms with van der Waals surface area (Å²) in [6, 6.07) is 22.7. The first-order chi connectivity index (χ1) is 15.1. The molecule has 1 unspecified atom stereocenters. The molecule has 0 spiro atoms. The van der Waals surface area contributed by atoms with Crippen LogP contribution in [0.1, 0.15) is 32.3 Å². The molecule has 0 aliphatic rings. The molecule has 154 valence electrons. The lowest BCUT2D eigenvalue weighted by Gasteiger charge is -2.19. The molecule has 0 bridgehead atoms. The van der Waals surface area contributed by atoms with E-state index >= 15 is 0 Å². The molecular formula is C25H19NO5. The Labute approximate surface area is 178 Å². The SMILES string of the molecule is COc1ccc2oc(=O)cc(C(=O)NC(C(=O)c3ccccc3)c3ccccc3)c2c1. The number of carbonyl (C=O) groups is 2. The highest BCUT2D eigenvalue weighted by Gasteiger charge is 2.25. The van der Waals surface area contributed by atoms with Crippen molar-refractivity contribution in [2.24, 2.45) is 0 Å². The van der Waals surface area contributed by atoms with Crippen molar-refractivity contribution in [3.05, 3.63) is 112 Å². The highest BCUT2D eigenvalue weighted by Crippen LogP contribution is 2.24. The number of ether oxygens (including phenoxy) is 1. The Hall–Kier alpha value is -4.19. The Morgan fingerprint density at radius 2 is 1.58 bits per heavy atom. The van der Waals surface area contributed by atoms with Crippen LogP contribution in [0.3, 0.4) is 0 Å². The van der Waals surface area contributed by atoms with E-state index in [0.717, 1.165) is 6.07 Å². The number of hydrogen-bond donors (Lipinski definition) is 1. The second kappa shape index (κ2) is 8.67. The fraction of sp³-hybridized carbons (Fsp3) is 0.0800. The molecule has 6 heteroatoms. The maximum Gasteiger partial charge on any atom is 0.337 e. The summed E-state index contributed by atoms with van der Waals surface area (Å²) in [7, 11) is 1.50. The van der Waals surface area contributed by atoms with Gasteiger partial charge in [-0.2, -0.15) is 0 Å². The van der Waals surface area contributed by atoms with Crippen LogP contribution in [0.25, 0.3) is 11.0 Å². The summed E-state index contributed by atoms with van der Waals surface area (Å²) < 4.78 is 10.4. The van der Waals surface area contributed by atoms with Gasteiger partial charge in [0, 0.05) is 17.0 Å². The first-order valence-corrected chi connectivity index (χ1v) is 9.64. The van der Waals surface area contributed by atoms with Gasteiger partial charge in [-0.1, -0.05) is 60.7 Å². The van der Waals surface area contributed by atoms with Crippen LogP contribution in [0, 0.1) is 0 Å². The highest BCUT2D eigenvalue weighted by molar-refractivity contribution is 6.09. The van der Waals surface area contributed by atoms with E-state index in [0.29, 0.717) is 22.3 Å². The zero-order valence-corrected chi connectivity index (χ0v) is 16.7. The van der Waals surface area contributed by atoms with Crippen molar-refractivity contribution in [1.82, 2.24) is 5.32 Å².